The highest BCUT2D eigenvalue weighted by atomic mass is 14.5. The highest BCUT2D eigenvalue weighted by molar-refractivity contribution is 5.40. The Morgan fingerprint density at radius 1 is 0.944 bits per heavy atom. The van der Waals surface area contributed by atoms with Gasteiger partial charge in [-0.05, 0) is 85.8 Å². The molecule has 1 aromatic rings. The number of hydrogen-bond acceptors (Lipinski definition) is 1. The van der Waals surface area contributed by atoms with Crippen LogP contribution in [0, 0.1) is 29.6 Å². The Labute approximate surface area is 110 Å². The van der Waals surface area contributed by atoms with Crippen LogP contribution in [0.25, 0.3) is 0 Å². The molecule has 0 aromatic heterocycles. The normalized spacial score (nSPS) is 41.2. The van der Waals surface area contributed by atoms with E-state index in [2.05, 4.69) is 18.2 Å². The minimum absolute atomic E-state index is 0.927. The second-order valence-corrected chi connectivity index (χ2v) is 7.04. The molecule has 2 N–H and O–H groups in total. The van der Waals surface area contributed by atoms with Crippen molar-refractivity contribution in [3.05, 3.63) is 29.8 Å². The minimum atomic E-state index is 0.927. The zero-order valence-electron chi connectivity index (χ0n) is 11.0. The molecule has 1 nitrogen and oxygen atoms in total. The number of nitrogen functional groups attached to an aromatic ring is 1. The van der Waals surface area contributed by atoms with Crippen molar-refractivity contribution in [2.45, 2.75) is 38.5 Å². The molecule has 4 aliphatic rings. The Balaban J connectivity index is 1.55. The molecule has 4 aliphatic carbocycles. The van der Waals surface area contributed by atoms with Gasteiger partial charge in [0.05, 0.1) is 0 Å². The molecule has 0 radical (unpaired) electrons. The van der Waals surface area contributed by atoms with Crippen molar-refractivity contribution in [1.29, 1.82) is 0 Å². The summed E-state index contributed by atoms with van der Waals surface area (Å²) in [5, 5.41) is 0. The summed E-state index contributed by atoms with van der Waals surface area (Å²) >= 11 is 0. The summed E-state index contributed by atoms with van der Waals surface area (Å²) in [7, 11) is 0. The van der Waals surface area contributed by atoms with E-state index < -0.39 is 0 Å². The van der Waals surface area contributed by atoms with Crippen molar-refractivity contribution in [2.24, 2.45) is 29.6 Å². The van der Waals surface area contributed by atoms with Crippen molar-refractivity contribution in [3.63, 3.8) is 0 Å². The molecule has 0 unspecified atom stereocenters. The summed E-state index contributed by atoms with van der Waals surface area (Å²) in [6.45, 7) is 0. The lowest BCUT2D eigenvalue weighted by molar-refractivity contribution is -0.0359. The van der Waals surface area contributed by atoms with E-state index in [0.717, 1.165) is 35.3 Å². The maximum Gasteiger partial charge on any atom is 0.0316 e. The van der Waals surface area contributed by atoms with Gasteiger partial charge in [0.1, 0.15) is 0 Å². The van der Waals surface area contributed by atoms with Gasteiger partial charge in [-0.1, -0.05) is 12.1 Å². The maximum absolute atomic E-state index is 5.91. The molecule has 4 bridgehead atoms. The Bertz CT molecular complexity index is 423. The zero-order valence-corrected chi connectivity index (χ0v) is 11.0. The Morgan fingerprint density at radius 2 is 1.61 bits per heavy atom. The van der Waals surface area contributed by atoms with E-state index in [-0.39, 0.29) is 0 Å². The number of nitrogens with two attached hydrogens (primary N) is 1. The fourth-order valence-electron chi connectivity index (χ4n) is 5.36. The molecule has 0 heterocycles. The van der Waals surface area contributed by atoms with Crippen LogP contribution in [0.15, 0.2) is 24.3 Å². The summed E-state index contributed by atoms with van der Waals surface area (Å²) < 4.78 is 0. The number of rotatable bonds is 2. The fraction of sp³-hybridized carbons (Fsp3) is 0.647. The molecule has 0 aliphatic heterocycles. The molecule has 4 fully saturated rings. The van der Waals surface area contributed by atoms with E-state index in [1.807, 2.05) is 6.07 Å². The van der Waals surface area contributed by atoms with E-state index in [9.17, 15) is 0 Å². The van der Waals surface area contributed by atoms with E-state index in [0.29, 0.717) is 0 Å². The Hall–Kier alpha value is -0.980. The van der Waals surface area contributed by atoms with Crippen LogP contribution in [0.3, 0.4) is 0 Å². The van der Waals surface area contributed by atoms with Crippen molar-refractivity contribution >= 4 is 5.69 Å². The summed E-state index contributed by atoms with van der Waals surface area (Å²) in [5.74, 6) is 5.19. The molecule has 1 heteroatoms. The van der Waals surface area contributed by atoms with Crippen LogP contribution in [-0.4, -0.2) is 0 Å². The third kappa shape index (κ3) is 1.75. The Morgan fingerprint density at radius 3 is 2.22 bits per heavy atom. The molecule has 18 heavy (non-hydrogen) atoms. The van der Waals surface area contributed by atoms with Crippen LogP contribution in [-0.2, 0) is 6.42 Å². The lowest BCUT2D eigenvalue weighted by Crippen LogP contribution is -2.45. The first-order valence-corrected chi connectivity index (χ1v) is 7.62. The SMILES string of the molecule is Nc1cccc(CC2C3CC4CC(C3)CC2C4)c1. The van der Waals surface area contributed by atoms with Gasteiger partial charge in [-0.25, -0.2) is 0 Å². The largest absolute Gasteiger partial charge is 0.399 e. The topological polar surface area (TPSA) is 26.0 Å². The summed E-state index contributed by atoms with van der Waals surface area (Å²) in [6.07, 6.45) is 8.94. The van der Waals surface area contributed by atoms with E-state index in [1.54, 1.807) is 6.42 Å². The molecular formula is C17H23N. The second-order valence-electron chi connectivity index (χ2n) is 7.04. The van der Waals surface area contributed by atoms with E-state index in [1.165, 1.54) is 37.7 Å². The fourth-order valence-corrected chi connectivity index (χ4v) is 5.36. The van der Waals surface area contributed by atoms with Crippen molar-refractivity contribution in [3.8, 4) is 0 Å². The van der Waals surface area contributed by atoms with Gasteiger partial charge in [-0.15, -0.1) is 0 Å². The first kappa shape index (κ1) is 10.9. The minimum Gasteiger partial charge on any atom is -0.399 e. The molecule has 4 saturated carbocycles. The van der Waals surface area contributed by atoms with E-state index in [4.69, 9.17) is 5.73 Å². The second kappa shape index (κ2) is 4.01. The van der Waals surface area contributed by atoms with Gasteiger partial charge in [0.25, 0.3) is 0 Å². The predicted octanol–water partition coefficient (Wildman–Crippen LogP) is 3.88. The summed E-state index contributed by atoms with van der Waals surface area (Å²) in [5.41, 5.74) is 8.30. The average molecular weight is 241 g/mol. The van der Waals surface area contributed by atoms with Gasteiger partial charge in [0, 0.05) is 5.69 Å². The Kier molecular flexibility index (Phi) is 2.43. The molecule has 0 atom stereocenters. The van der Waals surface area contributed by atoms with Gasteiger partial charge in [0.2, 0.25) is 0 Å². The third-order valence-electron chi connectivity index (χ3n) is 5.84. The quantitative estimate of drug-likeness (QED) is 0.781. The van der Waals surface area contributed by atoms with Crippen LogP contribution in [0.2, 0.25) is 0 Å². The molecule has 0 spiro atoms. The lowest BCUT2D eigenvalue weighted by Gasteiger charge is -2.54. The molecule has 1 aromatic carbocycles. The van der Waals surface area contributed by atoms with Gasteiger partial charge >= 0.3 is 0 Å². The standard InChI is InChI=1S/C17H23N/c18-16-3-1-2-11(9-16)10-17-14-5-12-4-13(7-14)8-15(17)6-12/h1-3,9,12-15,17H,4-8,10,18H2. The summed E-state index contributed by atoms with van der Waals surface area (Å²) in [6, 6.07) is 8.56. The first-order chi connectivity index (χ1) is 8.78. The molecule has 0 amide bonds. The van der Waals surface area contributed by atoms with Gasteiger partial charge in [0.15, 0.2) is 0 Å². The highest BCUT2D eigenvalue weighted by Gasteiger charge is 2.47. The van der Waals surface area contributed by atoms with Crippen molar-refractivity contribution in [1.82, 2.24) is 0 Å². The molecule has 96 valence electrons. The zero-order chi connectivity index (χ0) is 12.1. The van der Waals surface area contributed by atoms with Crippen LogP contribution < -0.4 is 5.73 Å². The van der Waals surface area contributed by atoms with Crippen molar-refractivity contribution < 1.29 is 0 Å². The number of hydrogen-bond donors (Lipinski definition) is 1. The van der Waals surface area contributed by atoms with Crippen LogP contribution in [0.4, 0.5) is 5.69 Å². The third-order valence-corrected chi connectivity index (χ3v) is 5.84. The first-order valence-electron chi connectivity index (χ1n) is 7.62. The molecule has 5 rings (SSSR count). The molecule has 0 saturated heterocycles. The van der Waals surface area contributed by atoms with Gasteiger partial charge in [-0.2, -0.15) is 0 Å². The van der Waals surface area contributed by atoms with Gasteiger partial charge < -0.3 is 5.73 Å². The smallest absolute Gasteiger partial charge is 0.0316 e. The highest BCUT2D eigenvalue weighted by Crippen LogP contribution is 2.57. The van der Waals surface area contributed by atoms with Gasteiger partial charge in [-0.3, -0.25) is 0 Å². The number of anilines is 1. The molecular weight excluding hydrogens is 218 g/mol. The van der Waals surface area contributed by atoms with Crippen LogP contribution >= 0.6 is 0 Å². The monoisotopic (exact) mass is 241 g/mol. The van der Waals surface area contributed by atoms with E-state index >= 15 is 0 Å². The average Bonchev–Trinajstić information content (AvgIpc) is 2.33. The lowest BCUT2D eigenvalue weighted by atomic mass is 9.51. The maximum atomic E-state index is 5.91. The van der Waals surface area contributed by atoms with Crippen LogP contribution in [0.1, 0.15) is 37.7 Å². The summed E-state index contributed by atoms with van der Waals surface area (Å²) in [4.78, 5) is 0. The number of benzene rings is 1. The van der Waals surface area contributed by atoms with Crippen LogP contribution in [0.5, 0.6) is 0 Å². The predicted molar refractivity (Wildman–Crippen MR) is 75.1 cm³/mol. The van der Waals surface area contributed by atoms with Crippen molar-refractivity contribution in [2.75, 3.05) is 5.73 Å².